The van der Waals surface area contributed by atoms with Crippen LogP contribution < -0.4 is 0 Å². The van der Waals surface area contributed by atoms with E-state index in [0.29, 0.717) is 17.6 Å². The topological polar surface area (TPSA) is 61.7 Å². The molecule has 14 aromatic rings. The summed E-state index contributed by atoms with van der Waals surface area (Å²) in [5.41, 5.74) is 8.59. The second kappa shape index (κ2) is 12.7. The first-order valence-corrected chi connectivity index (χ1v) is 21.6. The van der Waals surface area contributed by atoms with Gasteiger partial charge in [0.2, 0.25) is 5.95 Å². The number of hydrogen-bond acceptors (Lipinski definition) is 5. The minimum Gasteiger partial charge on any atom is -0.456 e. The van der Waals surface area contributed by atoms with E-state index in [0.717, 1.165) is 77.0 Å². The summed E-state index contributed by atoms with van der Waals surface area (Å²) in [7, 11) is 0. The van der Waals surface area contributed by atoms with Gasteiger partial charge < -0.3 is 8.98 Å². The fourth-order valence-corrected chi connectivity index (χ4v) is 11.0. The van der Waals surface area contributed by atoms with Crippen molar-refractivity contribution in [3.05, 3.63) is 188 Å². The Morgan fingerprint density at radius 2 is 0.952 bits per heavy atom. The Balaban J connectivity index is 1.15. The number of rotatable bonds is 4. The van der Waals surface area contributed by atoms with Crippen LogP contribution in [0.1, 0.15) is 0 Å². The van der Waals surface area contributed by atoms with Gasteiger partial charge in [-0.3, -0.25) is 4.57 Å². The molecule has 5 aromatic heterocycles. The van der Waals surface area contributed by atoms with Gasteiger partial charge in [0, 0.05) is 63.6 Å². The second-order valence-corrected chi connectivity index (χ2v) is 17.0. The Hall–Kier alpha value is -8.13. The quantitative estimate of drug-likeness (QED) is 0.178. The van der Waals surface area contributed by atoms with E-state index in [1.54, 1.807) is 11.3 Å². The zero-order chi connectivity index (χ0) is 40.5. The number of hydrogen-bond donors (Lipinski definition) is 0. The summed E-state index contributed by atoms with van der Waals surface area (Å²) >= 11 is 1.79. The van der Waals surface area contributed by atoms with Crippen molar-refractivity contribution in [2.24, 2.45) is 0 Å². The van der Waals surface area contributed by atoms with Crippen molar-refractivity contribution in [3.63, 3.8) is 0 Å². The lowest BCUT2D eigenvalue weighted by atomic mass is 10.0. The van der Waals surface area contributed by atoms with Crippen LogP contribution in [0.4, 0.5) is 0 Å². The van der Waals surface area contributed by atoms with Crippen LogP contribution >= 0.6 is 11.3 Å². The lowest BCUT2D eigenvalue weighted by Gasteiger charge is -2.16. The molecule has 5 heterocycles. The number of furan rings is 1. The van der Waals surface area contributed by atoms with E-state index in [9.17, 15) is 0 Å². The number of aromatic nitrogens is 5. The summed E-state index contributed by atoms with van der Waals surface area (Å²) in [6.07, 6.45) is 0. The van der Waals surface area contributed by atoms with Gasteiger partial charge in [-0.1, -0.05) is 127 Å². The molecule has 0 bridgehead atoms. The Labute approximate surface area is 357 Å². The first-order chi connectivity index (χ1) is 30.7. The maximum atomic E-state index is 6.66. The standard InChI is InChI=1S/C55H31N5OS/c1-2-15-33-29-46-40(28-32(33)14-1)36-18-5-8-22-43(36)59(46)47-30-41-37-19-6-11-25-48(37)61-49(41)31-42(47)54-56-53(39-21-13-27-51-52(39)38-20-7-12-26-50(38)62-51)57-55(58-54)60-44-23-9-3-16-34(44)35-17-4-10-24-45(35)60/h1-31H. The highest BCUT2D eigenvalue weighted by Crippen LogP contribution is 2.43. The molecular weight excluding hydrogens is 779 g/mol. The highest BCUT2D eigenvalue weighted by Gasteiger charge is 2.24. The largest absolute Gasteiger partial charge is 0.456 e. The smallest absolute Gasteiger partial charge is 0.238 e. The fourth-order valence-electron chi connectivity index (χ4n) is 9.84. The van der Waals surface area contributed by atoms with Crippen molar-refractivity contribution in [3.8, 4) is 34.4 Å². The Bertz CT molecular complexity index is 4130. The third-order valence-electron chi connectivity index (χ3n) is 12.6. The molecule has 9 aromatic carbocycles. The second-order valence-electron chi connectivity index (χ2n) is 16.0. The summed E-state index contributed by atoms with van der Waals surface area (Å²) in [6, 6.07) is 66.7. The molecule has 0 unspecified atom stereocenters. The van der Waals surface area contributed by atoms with E-state index in [2.05, 4.69) is 185 Å². The van der Waals surface area contributed by atoms with Gasteiger partial charge in [0.25, 0.3) is 0 Å². The average Bonchev–Trinajstić information content (AvgIpc) is 4.07. The third-order valence-corrected chi connectivity index (χ3v) is 13.7. The van der Waals surface area contributed by atoms with Crippen LogP contribution in [0.25, 0.3) is 131 Å². The maximum absolute atomic E-state index is 6.66. The van der Waals surface area contributed by atoms with Crippen LogP contribution in [0.3, 0.4) is 0 Å². The number of benzene rings is 9. The molecule has 0 radical (unpaired) electrons. The van der Waals surface area contributed by atoms with Crippen molar-refractivity contribution in [2.45, 2.75) is 0 Å². The van der Waals surface area contributed by atoms with Gasteiger partial charge in [-0.15, -0.1) is 11.3 Å². The van der Waals surface area contributed by atoms with Crippen LogP contribution in [-0.2, 0) is 0 Å². The van der Waals surface area contributed by atoms with Gasteiger partial charge in [-0.25, -0.2) is 4.98 Å². The molecule has 0 fully saturated rings. The molecule has 7 heteroatoms. The summed E-state index contributed by atoms with van der Waals surface area (Å²) in [5.74, 6) is 1.69. The summed E-state index contributed by atoms with van der Waals surface area (Å²) in [5, 5.41) is 11.4. The van der Waals surface area contributed by atoms with E-state index in [4.69, 9.17) is 19.4 Å². The van der Waals surface area contributed by atoms with Crippen LogP contribution in [0.2, 0.25) is 0 Å². The van der Waals surface area contributed by atoms with Crippen molar-refractivity contribution >= 4 is 108 Å². The number of fused-ring (bicyclic) bond motifs is 13. The minimum absolute atomic E-state index is 0.544. The number of nitrogens with zero attached hydrogens (tertiary/aromatic N) is 5. The van der Waals surface area contributed by atoms with E-state index in [1.165, 1.54) is 36.3 Å². The van der Waals surface area contributed by atoms with E-state index < -0.39 is 0 Å². The van der Waals surface area contributed by atoms with E-state index in [-0.39, 0.29) is 0 Å². The molecule has 288 valence electrons. The molecule has 0 atom stereocenters. The zero-order valence-electron chi connectivity index (χ0n) is 33.0. The minimum atomic E-state index is 0.544. The summed E-state index contributed by atoms with van der Waals surface area (Å²) in [4.78, 5) is 16.5. The normalized spacial score (nSPS) is 12.2. The van der Waals surface area contributed by atoms with E-state index >= 15 is 0 Å². The first-order valence-electron chi connectivity index (χ1n) is 20.8. The molecule has 14 rings (SSSR count). The van der Waals surface area contributed by atoms with Gasteiger partial charge in [0.15, 0.2) is 11.6 Å². The van der Waals surface area contributed by atoms with Crippen molar-refractivity contribution in [1.29, 1.82) is 0 Å². The third kappa shape index (κ3) is 4.76. The van der Waals surface area contributed by atoms with Crippen LogP contribution in [0.15, 0.2) is 192 Å². The molecule has 6 nitrogen and oxygen atoms in total. The van der Waals surface area contributed by atoms with E-state index in [1.807, 2.05) is 12.1 Å². The monoisotopic (exact) mass is 809 g/mol. The fraction of sp³-hybridized carbons (Fsp3) is 0. The van der Waals surface area contributed by atoms with Gasteiger partial charge >= 0.3 is 0 Å². The Morgan fingerprint density at radius 1 is 0.371 bits per heavy atom. The molecule has 0 aliphatic heterocycles. The average molecular weight is 810 g/mol. The van der Waals surface area contributed by atoms with Crippen LogP contribution in [-0.4, -0.2) is 24.1 Å². The maximum Gasteiger partial charge on any atom is 0.238 e. The Morgan fingerprint density at radius 3 is 1.71 bits per heavy atom. The van der Waals surface area contributed by atoms with Gasteiger partial charge in [-0.05, 0) is 71.4 Å². The first kappa shape index (κ1) is 33.7. The lowest BCUT2D eigenvalue weighted by molar-refractivity contribution is 0.669. The molecule has 62 heavy (non-hydrogen) atoms. The van der Waals surface area contributed by atoms with Gasteiger partial charge in [-0.2, -0.15) is 9.97 Å². The predicted molar refractivity (Wildman–Crippen MR) is 257 cm³/mol. The highest BCUT2D eigenvalue weighted by molar-refractivity contribution is 7.25. The lowest BCUT2D eigenvalue weighted by Crippen LogP contribution is -2.08. The molecule has 0 amide bonds. The van der Waals surface area contributed by atoms with Gasteiger partial charge in [0.05, 0.1) is 27.8 Å². The highest BCUT2D eigenvalue weighted by atomic mass is 32.1. The number of para-hydroxylation sites is 4. The van der Waals surface area contributed by atoms with Crippen LogP contribution in [0.5, 0.6) is 0 Å². The van der Waals surface area contributed by atoms with Gasteiger partial charge in [0.1, 0.15) is 11.2 Å². The molecule has 0 saturated heterocycles. The number of thiophene rings is 1. The van der Waals surface area contributed by atoms with Crippen LogP contribution in [0, 0.1) is 0 Å². The molecule has 0 saturated carbocycles. The van der Waals surface area contributed by atoms with Crippen molar-refractivity contribution in [1.82, 2.24) is 24.1 Å². The molecule has 0 N–H and O–H groups in total. The van der Waals surface area contributed by atoms with Crippen molar-refractivity contribution < 1.29 is 4.42 Å². The van der Waals surface area contributed by atoms with Crippen molar-refractivity contribution in [2.75, 3.05) is 0 Å². The molecule has 0 aliphatic carbocycles. The Kier molecular flexibility index (Phi) is 6.89. The SMILES string of the molecule is c1ccc2cc3c(cc2c1)c1ccccc1n3-c1cc2c(cc1-c1nc(-c3cccc4sc5ccccc5c34)nc(-n3c4ccccc4c4ccccc43)n1)oc1ccccc12. The summed E-state index contributed by atoms with van der Waals surface area (Å²) < 4.78 is 13.7. The molecule has 0 spiro atoms. The molecular formula is C55H31N5OS. The zero-order valence-corrected chi connectivity index (χ0v) is 33.8. The predicted octanol–water partition coefficient (Wildman–Crippen LogP) is 14.8. The molecule has 0 aliphatic rings. The summed E-state index contributed by atoms with van der Waals surface area (Å²) in [6.45, 7) is 0.